The number of aryl methyl sites for hydroxylation is 1. The van der Waals surface area contributed by atoms with Gasteiger partial charge in [0.05, 0.1) is 17.3 Å². The summed E-state index contributed by atoms with van der Waals surface area (Å²) < 4.78 is 53.9. The first-order chi connectivity index (χ1) is 11.7. The second kappa shape index (κ2) is 7.85. The van der Waals surface area contributed by atoms with E-state index in [-0.39, 0.29) is 6.54 Å². The van der Waals surface area contributed by atoms with Crippen molar-refractivity contribution in [3.8, 4) is 0 Å². The normalized spacial score (nSPS) is 11.6. The molecule has 0 saturated carbocycles. The number of halogens is 5. The lowest BCUT2D eigenvalue weighted by Gasteiger charge is -2.16. The molecule has 0 aromatic carbocycles. The highest BCUT2D eigenvalue weighted by Crippen LogP contribution is 2.34. The zero-order chi connectivity index (χ0) is 18.7. The predicted molar refractivity (Wildman–Crippen MR) is 81.5 cm³/mol. The van der Waals surface area contributed by atoms with Crippen molar-refractivity contribution in [3.05, 3.63) is 34.4 Å². The first-order valence-electron chi connectivity index (χ1n) is 7.33. The molecule has 0 fully saturated rings. The number of rotatable bonds is 7. The summed E-state index contributed by atoms with van der Waals surface area (Å²) in [5.41, 5.74) is -1.25. The number of aromatic nitrogens is 4. The van der Waals surface area contributed by atoms with Gasteiger partial charge in [0.25, 0.3) is 12.9 Å². The average molecular weight is 382 g/mol. The summed E-state index contributed by atoms with van der Waals surface area (Å²) >= 11 is 5.55. The predicted octanol–water partition coefficient (Wildman–Crippen LogP) is 3.29. The molecule has 0 aliphatic carbocycles. The van der Waals surface area contributed by atoms with Crippen LogP contribution in [0.5, 0.6) is 0 Å². The minimum Gasteiger partial charge on any atom is -0.338 e. The summed E-state index contributed by atoms with van der Waals surface area (Å²) in [6.07, 6.45) is -4.51. The molecule has 0 spiro atoms. The van der Waals surface area contributed by atoms with Crippen LogP contribution in [0.1, 0.15) is 36.9 Å². The van der Waals surface area contributed by atoms with Crippen LogP contribution in [0.2, 0.25) is 5.02 Å². The number of amides is 1. The molecule has 0 aliphatic rings. The van der Waals surface area contributed by atoms with E-state index in [2.05, 4.69) is 10.2 Å². The molecule has 2 heterocycles. The summed E-state index contributed by atoms with van der Waals surface area (Å²) in [4.78, 5) is 13.5. The summed E-state index contributed by atoms with van der Waals surface area (Å²) in [6, 6.07) is 1.72. The van der Waals surface area contributed by atoms with Crippen LogP contribution in [-0.2, 0) is 24.4 Å². The maximum atomic E-state index is 13.1. The van der Waals surface area contributed by atoms with Gasteiger partial charge in [-0.3, -0.25) is 14.2 Å². The summed E-state index contributed by atoms with van der Waals surface area (Å²) in [7, 11) is 1.45. The fraction of sp³-hybridized carbons (Fsp3) is 0.500. The maximum absolute atomic E-state index is 13.1. The molecule has 2 rings (SSSR count). The molecule has 6 nitrogen and oxygen atoms in total. The van der Waals surface area contributed by atoms with Gasteiger partial charge in [0.15, 0.2) is 0 Å². The monoisotopic (exact) mass is 381 g/mol. The Hall–Kier alpha value is -2.10. The topological polar surface area (TPSA) is 56.0 Å². The molecule has 0 N–H and O–H groups in total. The number of carbonyl (C=O) groups is 1. The Morgan fingerprint density at radius 1 is 1.28 bits per heavy atom. The van der Waals surface area contributed by atoms with Crippen molar-refractivity contribution in [3.63, 3.8) is 0 Å². The van der Waals surface area contributed by atoms with Crippen LogP contribution in [0.4, 0.5) is 17.6 Å². The van der Waals surface area contributed by atoms with Crippen molar-refractivity contribution >= 4 is 17.5 Å². The van der Waals surface area contributed by atoms with Gasteiger partial charge in [0, 0.05) is 19.8 Å². The van der Waals surface area contributed by atoms with Gasteiger partial charge in [-0.1, -0.05) is 11.6 Å². The summed E-state index contributed by atoms with van der Waals surface area (Å²) in [5, 5.41) is 6.75. The molecule has 0 radical (unpaired) electrons. The van der Waals surface area contributed by atoms with Crippen LogP contribution >= 0.6 is 11.6 Å². The SMILES string of the molecule is CCn1ccc(CN(C)C(=O)Cn2nc(C(F)F)c(Cl)c2C(F)F)n1. The van der Waals surface area contributed by atoms with E-state index in [1.165, 1.54) is 11.9 Å². The van der Waals surface area contributed by atoms with Gasteiger partial charge < -0.3 is 4.90 Å². The first-order valence-corrected chi connectivity index (χ1v) is 7.71. The quantitative estimate of drug-likeness (QED) is 0.692. The zero-order valence-corrected chi connectivity index (χ0v) is 14.2. The Bertz CT molecular complexity index is 746. The molecule has 0 unspecified atom stereocenters. The molecule has 0 bridgehead atoms. The molecule has 2 aromatic rings. The van der Waals surface area contributed by atoms with E-state index < -0.39 is 41.7 Å². The van der Waals surface area contributed by atoms with Gasteiger partial charge >= 0.3 is 0 Å². The fourth-order valence-corrected chi connectivity index (χ4v) is 2.49. The van der Waals surface area contributed by atoms with Crippen molar-refractivity contribution < 1.29 is 22.4 Å². The lowest BCUT2D eigenvalue weighted by atomic mass is 10.3. The summed E-state index contributed by atoms with van der Waals surface area (Å²) in [6.45, 7) is 2.08. The fourth-order valence-electron chi connectivity index (χ4n) is 2.18. The van der Waals surface area contributed by atoms with E-state index in [1.54, 1.807) is 16.9 Å². The molecule has 11 heteroatoms. The minimum atomic E-state index is -3.13. The molecule has 25 heavy (non-hydrogen) atoms. The van der Waals surface area contributed by atoms with Crippen molar-refractivity contribution in [2.24, 2.45) is 0 Å². The number of likely N-dealkylation sites (N-methyl/N-ethyl adjacent to an activating group) is 1. The van der Waals surface area contributed by atoms with E-state index in [9.17, 15) is 22.4 Å². The largest absolute Gasteiger partial charge is 0.338 e. The molecule has 0 atom stereocenters. The third kappa shape index (κ3) is 4.30. The standard InChI is InChI=1S/C14H16ClF4N5O/c1-3-23-5-4-8(20-23)6-22(2)9(25)7-24-12(14(18)19)10(15)11(21-24)13(16)17/h4-5,13-14H,3,6-7H2,1-2H3. The van der Waals surface area contributed by atoms with Gasteiger partial charge in [-0.15, -0.1) is 0 Å². The van der Waals surface area contributed by atoms with Gasteiger partial charge in [-0.2, -0.15) is 10.2 Å². The van der Waals surface area contributed by atoms with Crippen molar-refractivity contribution in [2.45, 2.75) is 39.4 Å². The number of hydrogen-bond donors (Lipinski definition) is 0. The molecular formula is C14H16ClF4N5O. The lowest BCUT2D eigenvalue weighted by Crippen LogP contribution is -2.31. The highest BCUT2D eigenvalue weighted by Gasteiger charge is 2.29. The smallest absolute Gasteiger partial charge is 0.283 e. The molecule has 2 aromatic heterocycles. The lowest BCUT2D eigenvalue weighted by molar-refractivity contribution is -0.131. The average Bonchev–Trinajstić information content (AvgIpc) is 3.11. The Labute approximate surface area is 146 Å². The molecule has 1 amide bonds. The highest BCUT2D eigenvalue weighted by atomic mass is 35.5. The second-order valence-corrected chi connectivity index (χ2v) is 5.63. The molecular weight excluding hydrogens is 366 g/mol. The second-order valence-electron chi connectivity index (χ2n) is 5.26. The molecule has 0 saturated heterocycles. The molecule has 138 valence electrons. The van der Waals surface area contributed by atoms with E-state index in [1.807, 2.05) is 6.92 Å². The van der Waals surface area contributed by atoms with Crippen molar-refractivity contribution in [2.75, 3.05) is 7.05 Å². The van der Waals surface area contributed by atoms with Crippen LogP contribution in [0.15, 0.2) is 12.3 Å². The van der Waals surface area contributed by atoms with E-state index >= 15 is 0 Å². The number of hydrogen-bond acceptors (Lipinski definition) is 3. The minimum absolute atomic E-state index is 0.145. The van der Waals surface area contributed by atoms with Crippen LogP contribution in [0.25, 0.3) is 0 Å². The Morgan fingerprint density at radius 2 is 1.96 bits per heavy atom. The van der Waals surface area contributed by atoms with E-state index in [0.717, 1.165) is 0 Å². The Morgan fingerprint density at radius 3 is 2.48 bits per heavy atom. The van der Waals surface area contributed by atoms with Gasteiger partial charge in [0.2, 0.25) is 5.91 Å². The van der Waals surface area contributed by atoms with Gasteiger partial charge in [0.1, 0.15) is 17.9 Å². The van der Waals surface area contributed by atoms with Crippen molar-refractivity contribution in [1.29, 1.82) is 0 Å². The number of carbonyl (C=O) groups excluding carboxylic acids is 1. The van der Waals surface area contributed by atoms with Gasteiger partial charge in [-0.25, -0.2) is 17.6 Å². The Kier molecular flexibility index (Phi) is 6.04. The van der Waals surface area contributed by atoms with E-state index in [4.69, 9.17) is 11.6 Å². The highest BCUT2D eigenvalue weighted by molar-refractivity contribution is 6.32. The van der Waals surface area contributed by atoms with E-state index in [0.29, 0.717) is 16.9 Å². The zero-order valence-electron chi connectivity index (χ0n) is 13.5. The first kappa shape index (κ1) is 19.2. The van der Waals surface area contributed by atoms with Gasteiger partial charge in [-0.05, 0) is 13.0 Å². The third-order valence-corrected chi connectivity index (χ3v) is 3.89. The van der Waals surface area contributed by atoms with Crippen LogP contribution in [0.3, 0.4) is 0 Å². The summed E-state index contributed by atoms with van der Waals surface area (Å²) in [5.74, 6) is -0.590. The Balaban J connectivity index is 2.14. The molecule has 0 aliphatic heterocycles. The maximum Gasteiger partial charge on any atom is 0.283 e. The van der Waals surface area contributed by atoms with Crippen LogP contribution < -0.4 is 0 Å². The third-order valence-electron chi connectivity index (χ3n) is 3.50. The number of alkyl halides is 4. The van der Waals surface area contributed by atoms with Crippen LogP contribution in [0, 0.1) is 0 Å². The van der Waals surface area contributed by atoms with Crippen molar-refractivity contribution in [1.82, 2.24) is 24.5 Å². The number of nitrogens with zero attached hydrogens (tertiary/aromatic N) is 5. The van der Waals surface area contributed by atoms with Crippen LogP contribution in [-0.4, -0.2) is 37.4 Å².